The first kappa shape index (κ1) is 5.53. The van der Waals surface area contributed by atoms with Crippen LogP contribution in [0.15, 0.2) is 0 Å². The van der Waals surface area contributed by atoms with Crippen molar-refractivity contribution in [3.63, 3.8) is 0 Å². The number of aliphatic hydroxyl groups excluding tert-OH is 2. The quantitative estimate of drug-likeness (QED) is 0.422. The summed E-state index contributed by atoms with van der Waals surface area (Å²) in [4.78, 5) is 9.99. The molecule has 4 nitrogen and oxygen atoms in total. The summed E-state index contributed by atoms with van der Waals surface area (Å²) < 4.78 is 4.22. The average Bonchev–Trinajstić information content (AvgIpc) is 2.45. The molecule has 1 fully saturated rings. The van der Waals surface area contributed by atoms with Gasteiger partial charge in [-0.3, -0.25) is 0 Å². The molecule has 0 aromatic carbocycles. The number of ether oxygens (including phenoxy) is 1. The molecular weight excluding hydrogens is 112 g/mol. The van der Waals surface area contributed by atoms with Crippen LogP contribution in [0.2, 0.25) is 0 Å². The molecule has 1 heterocycles. The van der Waals surface area contributed by atoms with Crippen LogP contribution in [0.25, 0.3) is 0 Å². The molecule has 4 heteroatoms. The zero-order valence-corrected chi connectivity index (χ0v) is 4.07. The number of hydrogen-bond donors (Lipinski definition) is 2. The largest absolute Gasteiger partial charge is 0.445 e. The fourth-order valence-corrected chi connectivity index (χ4v) is 0.422. The van der Waals surface area contributed by atoms with Crippen molar-refractivity contribution in [2.45, 2.75) is 12.2 Å². The molecule has 2 atom stereocenters. The van der Waals surface area contributed by atoms with Crippen LogP contribution in [-0.2, 0) is 9.53 Å². The normalized spacial score (nSPS) is 29.2. The lowest BCUT2D eigenvalue weighted by molar-refractivity contribution is -0.117. The predicted octanol–water partition coefficient (Wildman–Crippen LogP) is -1.73. The van der Waals surface area contributed by atoms with E-state index in [1.807, 2.05) is 0 Å². The van der Waals surface area contributed by atoms with Crippen molar-refractivity contribution >= 4 is 5.97 Å². The predicted molar refractivity (Wildman–Crippen MR) is 23.0 cm³/mol. The Bertz CT molecular complexity index is 111. The molecule has 0 aromatic heterocycles. The van der Waals surface area contributed by atoms with Crippen LogP contribution >= 0.6 is 0 Å². The molecule has 0 unspecified atom stereocenters. The van der Waals surface area contributed by atoms with E-state index >= 15 is 0 Å². The van der Waals surface area contributed by atoms with E-state index in [-0.39, 0.29) is 0 Å². The molecule has 1 aliphatic heterocycles. The molecule has 0 aromatic rings. The third kappa shape index (κ3) is 0.801. The summed E-state index contributed by atoms with van der Waals surface area (Å²) in [5.74, 6) is -0.438. The van der Waals surface area contributed by atoms with Gasteiger partial charge in [-0.25, -0.2) is 4.79 Å². The number of rotatable bonds is 2. The molecule has 2 N–H and O–H groups in total. The van der Waals surface area contributed by atoms with E-state index in [1.54, 1.807) is 0 Å². The van der Waals surface area contributed by atoms with Gasteiger partial charge < -0.3 is 14.9 Å². The standard InChI is InChI=1S/C4H6O4/c5-1-2(6)3-4(7)8-3/h2-3,5-6H,1H2/t2-,3-/m1/s1. The van der Waals surface area contributed by atoms with E-state index in [0.717, 1.165) is 0 Å². The van der Waals surface area contributed by atoms with Crippen molar-refractivity contribution in [3.05, 3.63) is 0 Å². The highest BCUT2D eigenvalue weighted by Gasteiger charge is 2.44. The van der Waals surface area contributed by atoms with Gasteiger partial charge in [0.15, 0.2) is 0 Å². The Morgan fingerprint density at radius 3 is 2.50 bits per heavy atom. The van der Waals surface area contributed by atoms with Crippen molar-refractivity contribution < 1.29 is 19.7 Å². The Kier molecular flexibility index (Phi) is 1.19. The van der Waals surface area contributed by atoms with Crippen LogP contribution in [-0.4, -0.2) is 35.0 Å². The second-order valence-electron chi connectivity index (χ2n) is 1.61. The molecule has 1 saturated heterocycles. The molecule has 1 rings (SSSR count). The van der Waals surface area contributed by atoms with Crippen molar-refractivity contribution in [3.8, 4) is 0 Å². The Hall–Kier alpha value is -0.610. The summed E-state index contributed by atoms with van der Waals surface area (Å²) in [7, 11) is 0. The number of carbonyl (C=O) groups is 1. The molecule has 0 amide bonds. The Morgan fingerprint density at radius 2 is 2.38 bits per heavy atom. The van der Waals surface area contributed by atoms with Crippen LogP contribution in [0.1, 0.15) is 0 Å². The Balaban J connectivity index is 2.28. The number of carbonyl (C=O) groups excluding carboxylic acids is 1. The molecule has 0 aliphatic carbocycles. The van der Waals surface area contributed by atoms with Crippen molar-refractivity contribution in [2.75, 3.05) is 6.61 Å². The summed E-state index contributed by atoms with van der Waals surface area (Å²) in [6.07, 6.45) is -1.78. The Morgan fingerprint density at radius 1 is 1.88 bits per heavy atom. The fraction of sp³-hybridized carbons (Fsp3) is 0.750. The highest BCUT2D eigenvalue weighted by molar-refractivity contribution is 5.87. The van der Waals surface area contributed by atoms with E-state index in [4.69, 9.17) is 10.2 Å². The van der Waals surface area contributed by atoms with Gasteiger partial charge in [0.05, 0.1) is 6.61 Å². The smallest absolute Gasteiger partial charge is 0.351 e. The zero-order valence-electron chi connectivity index (χ0n) is 4.07. The molecule has 46 valence electrons. The maximum Gasteiger partial charge on any atom is 0.351 e. The van der Waals surface area contributed by atoms with Crippen molar-refractivity contribution in [2.24, 2.45) is 0 Å². The molecule has 1 aliphatic rings. The first-order valence-corrected chi connectivity index (χ1v) is 2.25. The summed E-state index contributed by atoms with van der Waals surface area (Å²) in [6, 6.07) is 0. The van der Waals surface area contributed by atoms with E-state index in [9.17, 15) is 4.79 Å². The van der Waals surface area contributed by atoms with Crippen LogP contribution in [0, 0.1) is 0 Å². The summed E-state index contributed by atoms with van der Waals surface area (Å²) in [5, 5.41) is 16.8. The summed E-state index contributed by atoms with van der Waals surface area (Å²) in [5.41, 5.74) is 0. The highest BCUT2D eigenvalue weighted by Crippen LogP contribution is 2.15. The van der Waals surface area contributed by atoms with Gasteiger partial charge >= 0.3 is 5.97 Å². The second-order valence-corrected chi connectivity index (χ2v) is 1.61. The third-order valence-corrected chi connectivity index (χ3v) is 0.955. The minimum absolute atomic E-state index is 0.420. The van der Waals surface area contributed by atoms with Gasteiger partial charge in [0.25, 0.3) is 0 Å². The molecule has 0 saturated carbocycles. The lowest BCUT2D eigenvalue weighted by Gasteiger charge is -1.95. The zero-order chi connectivity index (χ0) is 6.15. The minimum Gasteiger partial charge on any atom is -0.445 e. The minimum atomic E-state index is -1.03. The molecule has 0 radical (unpaired) electrons. The van der Waals surface area contributed by atoms with Gasteiger partial charge in [0.1, 0.15) is 6.10 Å². The first-order valence-electron chi connectivity index (χ1n) is 2.25. The van der Waals surface area contributed by atoms with Crippen molar-refractivity contribution in [1.82, 2.24) is 0 Å². The van der Waals surface area contributed by atoms with Crippen molar-refractivity contribution in [1.29, 1.82) is 0 Å². The summed E-state index contributed by atoms with van der Waals surface area (Å²) >= 11 is 0. The molecular formula is C4H6O4. The van der Waals surface area contributed by atoms with Gasteiger partial charge in [-0.1, -0.05) is 0 Å². The van der Waals surface area contributed by atoms with Gasteiger partial charge in [-0.15, -0.1) is 0 Å². The average molecular weight is 118 g/mol. The maximum atomic E-state index is 9.99. The third-order valence-electron chi connectivity index (χ3n) is 0.955. The van der Waals surface area contributed by atoms with Gasteiger partial charge in [-0.05, 0) is 0 Å². The topological polar surface area (TPSA) is 70.1 Å². The summed E-state index contributed by atoms with van der Waals surface area (Å²) in [6.45, 7) is -0.420. The number of aliphatic hydroxyl groups is 2. The van der Waals surface area contributed by atoms with Gasteiger partial charge in [-0.2, -0.15) is 0 Å². The maximum absolute atomic E-state index is 9.99. The van der Waals surface area contributed by atoms with E-state index in [0.29, 0.717) is 0 Å². The van der Waals surface area contributed by atoms with Crippen LogP contribution in [0.4, 0.5) is 0 Å². The number of hydrogen-bond acceptors (Lipinski definition) is 4. The van der Waals surface area contributed by atoms with Crippen LogP contribution in [0.3, 0.4) is 0 Å². The van der Waals surface area contributed by atoms with Crippen LogP contribution in [0.5, 0.6) is 0 Å². The highest BCUT2D eigenvalue weighted by atomic mass is 16.7. The van der Waals surface area contributed by atoms with E-state index in [1.165, 1.54) is 0 Å². The van der Waals surface area contributed by atoms with E-state index in [2.05, 4.69) is 4.74 Å². The molecule has 8 heavy (non-hydrogen) atoms. The second kappa shape index (κ2) is 1.72. The number of cyclic esters (lactones) is 1. The van der Waals surface area contributed by atoms with E-state index < -0.39 is 24.8 Å². The Labute approximate surface area is 45.7 Å². The number of epoxide rings is 1. The molecule has 0 spiro atoms. The lowest BCUT2D eigenvalue weighted by atomic mass is 10.3. The van der Waals surface area contributed by atoms with Gasteiger partial charge in [0.2, 0.25) is 6.10 Å². The lowest BCUT2D eigenvalue weighted by Crippen LogP contribution is -2.19. The SMILES string of the molecule is O=C1O[C@@H]1[C@H](O)CO. The molecule has 0 bridgehead atoms. The van der Waals surface area contributed by atoms with Gasteiger partial charge in [0, 0.05) is 0 Å². The fourth-order valence-electron chi connectivity index (χ4n) is 0.422. The first-order chi connectivity index (χ1) is 3.75. The monoisotopic (exact) mass is 118 g/mol. The van der Waals surface area contributed by atoms with Crippen LogP contribution < -0.4 is 0 Å².